The van der Waals surface area contributed by atoms with Gasteiger partial charge in [-0.15, -0.1) is 0 Å². The van der Waals surface area contributed by atoms with Gasteiger partial charge in [0, 0.05) is 15.8 Å². The van der Waals surface area contributed by atoms with Gasteiger partial charge in [0.1, 0.15) is 5.82 Å². The van der Waals surface area contributed by atoms with Gasteiger partial charge in [-0.25, -0.2) is 4.39 Å². The number of rotatable bonds is 4. The Kier molecular flexibility index (Phi) is 5.59. The summed E-state index contributed by atoms with van der Waals surface area (Å²) in [6.07, 6.45) is 0. The van der Waals surface area contributed by atoms with E-state index in [4.69, 9.17) is 0 Å². The summed E-state index contributed by atoms with van der Waals surface area (Å²) >= 11 is 6.57. The highest BCUT2D eigenvalue weighted by atomic mass is 79.9. The summed E-state index contributed by atoms with van der Waals surface area (Å²) in [6.45, 7) is 3.91. The molecule has 1 aromatic rings. The first-order valence-electron chi connectivity index (χ1n) is 5.27. The van der Waals surface area contributed by atoms with E-state index < -0.39 is 5.82 Å². The molecule has 5 heteroatoms. The molecule has 1 rings (SSSR count). The molecule has 1 aromatic carbocycles. The van der Waals surface area contributed by atoms with Crippen LogP contribution in [0.15, 0.2) is 22.7 Å². The normalized spacial score (nSPS) is 14.2. The van der Waals surface area contributed by atoms with Crippen LogP contribution in [0.4, 0.5) is 4.39 Å². The molecule has 0 spiro atoms. The standard InChI is InChI=1S/C12H14Br2FNO/c1-7(6-13)8(2)16-12(17)10-5-9(14)3-4-11(10)15/h3-5,7-8H,6H2,1-2H3,(H,16,17). The van der Waals surface area contributed by atoms with Crippen molar-refractivity contribution in [1.82, 2.24) is 5.32 Å². The van der Waals surface area contributed by atoms with E-state index in [1.807, 2.05) is 13.8 Å². The maximum absolute atomic E-state index is 13.5. The summed E-state index contributed by atoms with van der Waals surface area (Å²) in [4.78, 5) is 11.9. The van der Waals surface area contributed by atoms with Gasteiger partial charge in [-0.3, -0.25) is 4.79 Å². The van der Waals surface area contributed by atoms with E-state index in [1.165, 1.54) is 12.1 Å². The van der Waals surface area contributed by atoms with Crippen LogP contribution in [0.25, 0.3) is 0 Å². The molecule has 0 heterocycles. The maximum atomic E-state index is 13.5. The lowest BCUT2D eigenvalue weighted by Gasteiger charge is -2.19. The third-order valence-electron chi connectivity index (χ3n) is 2.63. The third-order valence-corrected chi connectivity index (χ3v) is 4.14. The largest absolute Gasteiger partial charge is 0.349 e. The van der Waals surface area contributed by atoms with Crippen molar-refractivity contribution in [3.63, 3.8) is 0 Å². The molecule has 0 aromatic heterocycles. The molecular weight excluding hydrogens is 353 g/mol. The van der Waals surface area contributed by atoms with Crippen LogP contribution < -0.4 is 5.32 Å². The Hall–Kier alpha value is -0.420. The number of hydrogen-bond donors (Lipinski definition) is 1. The van der Waals surface area contributed by atoms with Crippen LogP contribution >= 0.6 is 31.9 Å². The van der Waals surface area contributed by atoms with Gasteiger partial charge in [0.05, 0.1) is 5.56 Å². The fourth-order valence-corrected chi connectivity index (χ4v) is 2.15. The highest BCUT2D eigenvalue weighted by molar-refractivity contribution is 9.10. The third kappa shape index (κ3) is 4.07. The summed E-state index contributed by atoms with van der Waals surface area (Å²) in [6, 6.07) is 4.31. The highest BCUT2D eigenvalue weighted by Crippen LogP contribution is 2.16. The molecule has 0 aliphatic rings. The van der Waals surface area contributed by atoms with Gasteiger partial charge in [0.2, 0.25) is 0 Å². The monoisotopic (exact) mass is 365 g/mol. The first-order chi connectivity index (χ1) is 7.95. The number of carbonyl (C=O) groups excluding carboxylic acids is 1. The summed E-state index contributed by atoms with van der Waals surface area (Å²) in [5, 5.41) is 3.57. The summed E-state index contributed by atoms with van der Waals surface area (Å²) in [5.41, 5.74) is 0.0630. The lowest BCUT2D eigenvalue weighted by molar-refractivity contribution is 0.0927. The summed E-state index contributed by atoms with van der Waals surface area (Å²) in [5.74, 6) is -0.609. The Labute approximate surface area is 117 Å². The van der Waals surface area contributed by atoms with Gasteiger partial charge in [-0.2, -0.15) is 0 Å². The van der Waals surface area contributed by atoms with Crippen LogP contribution in [-0.2, 0) is 0 Å². The minimum Gasteiger partial charge on any atom is -0.349 e. The Balaban J connectivity index is 2.79. The van der Waals surface area contributed by atoms with Crippen LogP contribution in [0.2, 0.25) is 0 Å². The lowest BCUT2D eigenvalue weighted by atomic mass is 10.1. The predicted molar refractivity (Wildman–Crippen MR) is 74.0 cm³/mol. The summed E-state index contributed by atoms with van der Waals surface area (Å²) < 4.78 is 14.1. The fourth-order valence-electron chi connectivity index (χ4n) is 1.23. The minimum atomic E-state index is -0.510. The fraction of sp³-hybridized carbons (Fsp3) is 0.417. The van der Waals surface area contributed by atoms with Crippen molar-refractivity contribution in [2.24, 2.45) is 5.92 Å². The molecule has 0 saturated carbocycles. The van der Waals surface area contributed by atoms with Gasteiger partial charge >= 0.3 is 0 Å². The van der Waals surface area contributed by atoms with E-state index in [-0.39, 0.29) is 23.4 Å². The second-order valence-electron chi connectivity index (χ2n) is 4.02. The number of carbonyl (C=O) groups is 1. The molecular formula is C12H14Br2FNO. The first kappa shape index (κ1) is 14.6. The van der Waals surface area contributed by atoms with Crippen LogP contribution in [0, 0.1) is 11.7 Å². The quantitative estimate of drug-likeness (QED) is 0.808. The molecule has 0 bridgehead atoms. The molecule has 2 nitrogen and oxygen atoms in total. The zero-order valence-corrected chi connectivity index (χ0v) is 12.8. The van der Waals surface area contributed by atoms with Crippen LogP contribution in [0.3, 0.4) is 0 Å². The molecule has 1 amide bonds. The Bertz CT molecular complexity index is 411. The van der Waals surface area contributed by atoms with E-state index in [2.05, 4.69) is 37.2 Å². The van der Waals surface area contributed by atoms with Gasteiger partial charge in [0.25, 0.3) is 5.91 Å². The van der Waals surface area contributed by atoms with Crippen LogP contribution in [0.5, 0.6) is 0 Å². The Morgan fingerprint density at radius 3 is 2.71 bits per heavy atom. The molecule has 1 N–H and O–H groups in total. The van der Waals surface area contributed by atoms with Gasteiger partial charge in [0.15, 0.2) is 0 Å². The second-order valence-corrected chi connectivity index (χ2v) is 5.58. The first-order valence-corrected chi connectivity index (χ1v) is 7.19. The molecule has 0 radical (unpaired) electrons. The van der Waals surface area contributed by atoms with E-state index >= 15 is 0 Å². The Morgan fingerprint density at radius 1 is 1.47 bits per heavy atom. The molecule has 0 fully saturated rings. The smallest absolute Gasteiger partial charge is 0.254 e. The minimum absolute atomic E-state index is 0.0137. The average molecular weight is 367 g/mol. The maximum Gasteiger partial charge on any atom is 0.254 e. The number of nitrogens with one attached hydrogen (secondary N) is 1. The summed E-state index contributed by atoms with van der Waals surface area (Å²) in [7, 11) is 0. The molecule has 0 aliphatic carbocycles. The van der Waals surface area contributed by atoms with Crippen molar-refractivity contribution in [3.8, 4) is 0 Å². The zero-order chi connectivity index (χ0) is 13.0. The van der Waals surface area contributed by atoms with Crippen molar-refractivity contribution in [3.05, 3.63) is 34.1 Å². The molecule has 0 aliphatic heterocycles. The van der Waals surface area contributed by atoms with Crippen molar-refractivity contribution in [1.29, 1.82) is 0 Å². The zero-order valence-electron chi connectivity index (χ0n) is 9.64. The second kappa shape index (κ2) is 6.50. The van der Waals surface area contributed by atoms with Crippen LogP contribution in [0.1, 0.15) is 24.2 Å². The SMILES string of the molecule is CC(CBr)C(C)NC(=O)c1cc(Br)ccc1F. The van der Waals surface area contributed by atoms with Crippen molar-refractivity contribution in [2.45, 2.75) is 19.9 Å². The highest BCUT2D eigenvalue weighted by Gasteiger charge is 2.17. The van der Waals surface area contributed by atoms with Gasteiger partial charge in [-0.1, -0.05) is 38.8 Å². The van der Waals surface area contributed by atoms with Crippen molar-refractivity contribution in [2.75, 3.05) is 5.33 Å². The average Bonchev–Trinajstić information content (AvgIpc) is 2.30. The van der Waals surface area contributed by atoms with Gasteiger partial charge in [-0.05, 0) is 31.0 Å². The van der Waals surface area contributed by atoms with Crippen LogP contribution in [-0.4, -0.2) is 17.3 Å². The molecule has 0 saturated heterocycles. The topological polar surface area (TPSA) is 29.1 Å². The van der Waals surface area contributed by atoms with E-state index in [9.17, 15) is 9.18 Å². The van der Waals surface area contributed by atoms with Crippen molar-refractivity contribution < 1.29 is 9.18 Å². The number of alkyl halides is 1. The number of benzene rings is 1. The number of hydrogen-bond acceptors (Lipinski definition) is 1. The van der Waals surface area contributed by atoms with Gasteiger partial charge < -0.3 is 5.32 Å². The molecule has 2 atom stereocenters. The molecule has 17 heavy (non-hydrogen) atoms. The number of halogens is 3. The lowest BCUT2D eigenvalue weighted by Crippen LogP contribution is -2.38. The predicted octanol–water partition coefficient (Wildman–Crippen LogP) is 3.74. The Morgan fingerprint density at radius 2 is 2.12 bits per heavy atom. The van der Waals surface area contributed by atoms with E-state index in [1.54, 1.807) is 6.07 Å². The van der Waals surface area contributed by atoms with Crippen molar-refractivity contribution >= 4 is 37.8 Å². The van der Waals surface area contributed by atoms with E-state index in [0.717, 1.165) is 5.33 Å². The molecule has 2 unspecified atom stereocenters. The van der Waals surface area contributed by atoms with E-state index in [0.29, 0.717) is 4.47 Å². The number of amides is 1. The molecule has 94 valence electrons.